The van der Waals surface area contributed by atoms with E-state index in [1.54, 1.807) is 0 Å². The predicted octanol–water partition coefficient (Wildman–Crippen LogP) is 1.76. The summed E-state index contributed by atoms with van der Waals surface area (Å²) in [4.78, 5) is 16.7. The van der Waals surface area contributed by atoms with Gasteiger partial charge >= 0.3 is 0 Å². The molecule has 0 bridgehead atoms. The van der Waals surface area contributed by atoms with Crippen molar-refractivity contribution in [1.82, 2.24) is 9.80 Å². The second kappa shape index (κ2) is 6.27. The van der Waals surface area contributed by atoms with E-state index in [0.717, 1.165) is 25.4 Å². The maximum absolute atomic E-state index is 12.2. The number of benzene rings is 1. The Morgan fingerprint density at radius 2 is 2.05 bits per heavy atom. The van der Waals surface area contributed by atoms with E-state index in [1.807, 2.05) is 35.2 Å². The quantitative estimate of drug-likeness (QED) is 0.839. The van der Waals surface area contributed by atoms with Crippen LogP contribution in [-0.2, 0) is 4.79 Å². The molecule has 3 rings (SSSR count). The second-order valence-corrected chi connectivity index (χ2v) is 5.58. The Balaban J connectivity index is 1.43. The molecule has 0 N–H and O–H groups in total. The standard InChI is InChI=1S/C16H22N2O2/c19-16(8-12-20-15-6-2-1-3-7-15)18-11-10-17-9-4-5-14(17)13-18/h1-3,6-7,14H,4-5,8-13H2/t14-/m0/s1. The molecule has 20 heavy (non-hydrogen) atoms. The number of amides is 1. The molecule has 0 aliphatic carbocycles. The molecule has 1 amide bonds. The van der Waals surface area contributed by atoms with Crippen molar-refractivity contribution >= 4 is 5.91 Å². The van der Waals surface area contributed by atoms with E-state index in [9.17, 15) is 4.79 Å². The van der Waals surface area contributed by atoms with E-state index in [1.165, 1.54) is 19.4 Å². The number of fused-ring (bicyclic) bond motifs is 1. The van der Waals surface area contributed by atoms with Crippen molar-refractivity contribution in [3.63, 3.8) is 0 Å². The van der Waals surface area contributed by atoms with Crippen LogP contribution < -0.4 is 4.74 Å². The van der Waals surface area contributed by atoms with Crippen LogP contribution >= 0.6 is 0 Å². The van der Waals surface area contributed by atoms with Gasteiger partial charge in [-0.25, -0.2) is 0 Å². The van der Waals surface area contributed by atoms with Crippen LogP contribution in [0.4, 0.5) is 0 Å². The largest absolute Gasteiger partial charge is 0.493 e. The molecule has 2 aliphatic rings. The summed E-state index contributed by atoms with van der Waals surface area (Å²) in [6.07, 6.45) is 3.00. The van der Waals surface area contributed by atoms with E-state index >= 15 is 0 Å². The van der Waals surface area contributed by atoms with Gasteiger partial charge < -0.3 is 9.64 Å². The highest BCUT2D eigenvalue weighted by atomic mass is 16.5. The van der Waals surface area contributed by atoms with E-state index in [0.29, 0.717) is 19.1 Å². The van der Waals surface area contributed by atoms with Crippen molar-refractivity contribution in [2.24, 2.45) is 0 Å². The number of nitrogens with zero attached hydrogens (tertiary/aromatic N) is 2. The van der Waals surface area contributed by atoms with Gasteiger partial charge in [0.15, 0.2) is 0 Å². The third-order valence-electron chi connectivity index (χ3n) is 4.27. The molecule has 2 aliphatic heterocycles. The molecular weight excluding hydrogens is 252 g/mol. The maximum atomic E-state index is 12.2. The molecule has 1 aromatic carbocycles. The molecule has 2 fully saturated rings. The summed E-state index contributed by atoms with van der Waals surface area (Å²) in [5, 5.41) is 0. The zero-order valence-electron chi connectivity index (χ0n) is 11.8. The number of rotatable bonds is 4. The van der Waals surface area contributed by atoms with Gasteiger partial charge in [-0.3, -0.25) is 9.69 Å². The number of carbonyl (C=O) groups excluding carboxylic acids is 1. The van der Waals surface area contributed by atoms with Crippen molar-refractivity contribution < 1.29 is 9.53 Å². The van der Waals surface area contributed by atoms with Gasteiger partial charge in [0, 0.05) is 25.7 Å². The molecule has 1 aromatic rings. The molecule has 4 nitrogen and oxygen atoms in total. The topological polar surface area (TPSA) is 32.8 Å². The van der Waals surface area contributed by atoms with Crippen molar-refractivity contribution in [1.29, 1.82) is 0 Å². The monoisotopic (exact) mass is 274 g/mol. The van der Waals surface area contributed by atoms with Gasteiger partial charge in [0.05, 0.1) is 13.0 Å². The Morgan fingerprint density at radius 1 is 1.20 bits per heavy atom. The smallest absolute Gasteiger partial charge is 0.226 e. The molecular formula is C16H22N2O2. The number of piperazine rings is 1. The highest BCUT2D eigenvalue weighted by Gasteiger charge is 2.32. The van der Waals surface area contributed by atoms with E-state index < -0.39 is 0 Å². The Hall–Kier alpha value is -1.55. The predicted molar refractivity (Wildman–Crippen MR) is 77.7 cm³/mol. The van der Waals surface area contributed by atoms with Crippen LogP contribution in [0.1, 0.15) is 19.3 Å². The minimum Gasteiger partial charge on any atom is -0.493 e. The van der Waals surface area contributed by atoms with Gasteiger partial charge in [0.2, 0.25) is 5.91 Å². The first-order valence-corrected chi connectivity index (χ1v) is 7.52. The van der Waals surface area contributed by atoms with Crippen LogP contribution in [-0.4, -0.2) is 54.5 Å². The molecule has 1 atom stereocenters. The number of para-hydroxylation sites is 1. The van der Waals surface area contributed by atoms with E-state index in [4.69, 9.17) is 4.74 Å². The first-order valence-electron chi connectivity index (χ1n) is 7.52. The lowest BCUT2D eigenvalue weighted by atomic mass is 10.1. The molecule has 2 saturated heterocycles. The lowest BCUT2D eigenvalue weighted by molar-refractivity contribution is -0.134. The summed E-state index contributed by atoms with van der Waals surface area (Å²) in [5.41, 5.74) is 0. The van der Waals surface area contributed by atoms with Crippen molar-refractivity contribution in [3.8, 4) is 5.75 Å². The van der Waals surface area contributed by atoms with Crippen LogP contribution in [0.25, 0.3) is 0 Å². The lowest BCUT2D eigenvalue weighted by Crippen LogP contribution is -2.52. The van der Waals surface area contributed by atoms with Crippen LogP contribution in [0.3, 0.4) is 0 Å². The summed E-state index contributed by atoms with van der Waals surface area (Å²) in [5.74, 6) is 1.06. The first-order chi connectivity index (χ1) is 9.83. The van der Waals surface area contributed by atoms with Crippen LogP contribution in [0, 0.1) is 0 Å². The van der Waals surface area contributed by atoms with E-state index in [-0.39, 0.29) is 5.91 Å². The summed E-state index contributed by atoms with van der Waals surface area (Å²) in [6.45, 7) is 4.50. The van der Waals surface area contributed by atoms with Crippen molar-refractivity contribution in [2.75, 3.05) is 32.8 Å². The molecule has 0 radical (unpaired) electrons. The average molecular weight is 274 g/mol. The van der Waals surface area contributed by atoms with Gasteiger partial charge in [-0.1, -0.05) is 18.2 Å². The Bertz CT molecular complexity index is 449. The third-order valence-corrected chi connectivity index (χ3v) is 4.27. The Morgan fingerprint density at radius 3 is 2.90 bits per heavy atom. The van der Waals surface area contributed by atoms with Crippen LogP contribution in [0.5, 0.6) is 5.75 Å². The molecule has 4 heteroatoms. The number of carbonyl (C=O) groups is 1. The minimum atomic E-state index is 0.229. The normalized spacial score (nSPS) is 22.6. The summed E-state index contributed by atoms with van der Waals surface area (Å²) in [6, 6.07) is 10.3. The lowest BCUT2D eigenvalue weighted by Gasteiger charge is -2.37. The van der Waals surface area contributed by atoms with Gasteiger partial charge in [-0.05, 0) is 31.5 Å². The average Bonchev–Trinajstić information content (AvgIpc) is 2.95. The van der Waals surface area contributed by atoms with Crippen LogP contribution in [0.2, 0.25) is 0 Å². The highest BCUT2D eigenvalue weighted by Crippen LogP contribution is 2.21. The molecule has 0 saturated carbocycles. The molecule has 108 valence electrons. The first kappa shape index (κ1) is 13.4. The molecule has 0 aromatic heterocycles. The Labute approximate surface area is 120 Å². The fourth-order valence-electron chi connectivity index (χ4n) is 3.15. The fourth-order valence-corrected chi connectivity index (χ4v) is 3.15. The van der Waals surface area contributed by atoms with Gasteiger partial charge in [-0.15, -0.1) is 0 Å². The minimum absolute atomic E-state index is 0.229. The van der Waals surface area contributed by atoms with Crippen molar-refractivity contribution in [2.45, 2.75) is 25.3 Å². The SMILES string of the molecule is O=C(CCOc1ccccc1)N1CCN2CCC[C@H]2C1. The molecule has 0 spiro atoms. The summed E-state index contributed by atoms with van der Waals surface area (Å²) >= 11 is 0. The third kappa shape index (κ3) is 3.12. The highest BCUT2D eigenvalue weighted by molar-refractivity contribution is 5.76. The zero-order chi connectivity index (χ0) is 13.8. The fraction of sp³-hybridized carbons (Fsp3) is 0.562. The second-order valence-electron chi connectivity index (χ2n) is 5.58. The van der Waals surface area contributed by atoms with Gasteiger partial charge in [-0.2, -0.15) is 0 Å². The zero-order valence-corrected chi connectivity index (χ0v) is 11.8. The summed E-state index contributed by atoms with van der Waals surface area (Å²) < 4.78 is 5.60. The molecule has 0 unspecified atom stereocenters. The number of hydrogen-bond acceptors (Lipinski definition) is 3. The Kier molecular flexibility index (Phi) is 4.21. The summed E-state index contributed by atoms with van der Waals surface area (Å²) in [7, 11) is 0. The van der Waals surface area contributed by atoms with Crippen molar-refractivity contribution in [3.05, 3.63) is 30.3 Å². The molecule has 2 heterocycles. The van der Waals surface area contributed by atoms with Crippen LogP contribution in [0.15, 0.2) is 30.3 Å². The number of ether oxygens (including phenoxy) is 1. The number of hydrogen-bond donors (Lipinski definition) is 0. The maximum Gasteiger partial charge on any atom is 0.226 e. The van der Waals surface area contributed by atoms with Gasteiger partial charge in [0.1, 0.15) is 5.75 Å². The van der Waals surface area contributed by atoms with Gasteiger partial charge in [0.25, 0.3) is 0 Å². The van der Waals surface area contributed by atoms with E-state index in [2.05, 4.69) is 4.90 Å².